The van der Waals surface area contributed by atoms with Gasteiger partial charge in [0.2, 0.25) is 5.13 Å². The molecule has 0 spiro atoms. The first-order valence-electron chi connectivity index (χ1n) is 7.87. The Morgan fingerprint density at radius 2 is 2.12 bits per heavy atom. The Balaban J connectivity index is 1.43. The Morgan fingerprint density at radius 3 is 3.00 bits per heavy atom. The summed E-state index contributed by atoms with van der Waals surface area (Å²) in [6, 6.07) is 16.3. The molecule has 120 valence electrons. The van der Waals surface area contributed by atoms with Crippen molar-refractivity contribution in [3.63, 3.8) is 0 Å². The molecular weight excluding hydrogens is 318 g/mol. The molecule has 0 saturated carbocycles. The molecule has 1 aliphatic heterocycles. The molecule has 4 nitrogen and oxygen atoms in total. The zero-order valence-corrected chi connectivity index (χ0v) is 14.1. The van der Waals surface area contributed by atoms with Gasteiger partial charge in [-0.15, -0.1) is 11.3 Å². The van der Waals surface area contributed by atoms with Crippen molar-refractivity contribution in [2.24, 2.45) is 5.10 Å². The van der Waals surface area contributed by atoms with Crippen LogP contribution < -0.4 is 10.2 Å². The van der Waals surface area contributed by atoms with Crippen LogP contribution in [0.5, 0.6) is 5.75 Å². The molecule has 0 aliphatic carbocycles. The van der Waals surface area contributed by atoms with E-state index < -0.39 is 0 Å². The number of hydrogen-bond donors (Lipinski definition) is 1. The van der Waals surface area contributed by atoms with Gasteiger partial charge in [0.1, 0.15) is 11.9 Å². The van der Waals surface area contributed by atoms with E-state index in [1.165, 1.54) is 5.56 Å². The van der Waals surface area contributed by atoms with Crippen LogP contribution in [0.25, 0.3) is 11.3 Å². The maximum Gasteiger partial charge on any atom is 0.203 e. The zero-order valence-electron chi connectivity index (χ0n) is 13.3. The third kappa shape index (κ3) is 3.16. The minimum absolute atomic E-state index is 0.261. The molecule has 3 aromatic rings. The fraction of sp³-hybridized carbons (Fsp3) is 0.158. The smallest absolute Gasteiger partial charge is 0.203 e. The molecule has 0 fully saturated rings. The van der Waals surface area contributed by atoms with Crippen LogP contribution in [0.3, 0.4) is 0 Å². The largest absolute Gasteiger partial charge is 0.490 e. The van der Waals surface area contributed by atoms with E-state index in [2.05, 4.69) is 40.6 Å². The minimum Gasteiger partial charge on any atom is -0.490 e. The van der Waals surface area contributed by atoms with Crippen molar-refractivity contribution in [3.05, 3.63) is 65.0 Å². The topological polar surface area (TPSA) is 46.5 Å². The van der Waals surface area contributed by atoms with Gasteiger partial charge in [-0.25, -0.2) is 4.98 Å². The number of nitrogens with zero attached hydrogens (tertiary/aromatic N) is 2. The van der Waals surface area contributed by atoms with E-state index in [-0.39, 0.29) is 6.10 Å². The van der Waals surface area contributed by atoms with Crippen LogP contribution in [0.4, 0.5) is 5.13 Å². The molecule has 1 unspecified atom stereocenters. The molecule has 1 aromatic heterocycles. The lowest BCUT2D eigenvalue weighted by molar-refractivity contribution is 0.254. The number of hydrazone groups is 1. The van der Waals surface area contributed by atoms with Crippen molar-refractivity contribution in [1.29, 1.82) is 0 Å². The quantitative estimate of drug-likeness (QED) is 0.561. The molecule has 2 aromatic carbocycles. The van der Waals surface area contributed by atoms with E-state index >= 15 is 0 Å². The van der Waals surface area contributed by atoms with Crippen LogP contribution in [0.2, 0.25) is 0 Å². The van der Waals surface area contributed by atoms with Gasteiger partial charge in [-0.3, -0.25) is 5.43 Å². The Bertz CT molecular complexity index is 873. The molecule has 1 atom stereocenters. The Morgan fingerprint density at radius 1 is 1.25 bits per heavy atom. The Kier molecular flexibility index (Phi) is 4.01. The van der Waals surface area contributed by atoms with E-state index in [9.17, 15) is 0 Å². The molecule has 4 rings (SSSR count). The lowest BCUT2D eigenvalue weighted by Gasteiger charge is -2.01. The fourth-order valence-electron chi connectivity index (χ4n) is 2.75. The van der Waals surface area contributed by atoms with Gasteiger partial charge in [-0.1, -0.05) is 30.3 Å². The minimum atomic E-state index is 0.261. The fourth-order valence-corrected chi connectivity index (χ4v) is 3.42. The van der Waals surface area contributed by atoms with Gasteiger partial charge in [0, 0.05) is 17.4 Å². The number of anilines is 1. The van der Waals surface area contributed by atoms with Crippen molar-refractivity contribution in [2.45, 2.75) is 19.4 Å². The summed E-state index contributed by atoms with van der Waals surface area (Å²) in [5.74, 6) is 0.986. The van der Waals surface area contributed by atoms with Crippen LogP contribution in [0, 0.1) is 0 Å². The average Bonchev–Trinajstić information content (AvgIpc) is 3.21. The third-order valence-corrected chi connectivity index (χ3v) is 4.61. The van der Waals surface area contributed by atoms with Crippen LogP contribution >= 0.6 is 11.3 Å². The molecule has 2 heterocycles. The van der Waals surface area contributed by atoms with Gasteiger partial charge in [0.15, 0.2) is 0 Å². The molecule has 24 heavy (non-hydrogen) atoms. The monoisotopic (exact) mass is 335 g/mol. The van der Waals surface area contributed by atoms with Crippen molar-refractivity contribution >= 4 is 22.7 Å². The number of fused-ring (bicyclic) bond motifs is 1. The summed E-state index contributed by atoms with van der Waals surface area (Å²) in [5, 5.41) is 7.11. The Labute approximate surface area is 144 Å². The van der Waals surface area contributed by atoms with Gasteiger partial charge in [0.25, 0.3) is 0 Å². The molecular formula is C19H17N3OS. The normalized spacial score (nSPS) is 16.1. The van der Waals surface area contributed by atoms with Crippen molar-refractivity contribution in [1.82, 2.24) is 4.98 Å². The molecule has 0 radical (unpaired) electrons. The lowest BCUT2D eigenvalue weighted by atomic mass is 10.1. The van der Waals surface area contributed by atoms with Crippen LogP contribution in [0.15, 0.2) is 59.0 Å². The maximum atomic E-state index is 5.71. The van der Waals surface area contributed by atoms with Crippen molar-refractivity contribution in [2.75, 3.05) is 5.43 Å². The van der Waals surface area contributed by atoms with Gasteiger partial charge in [0.05, 0.1) is 11.9 Å². The van der Waals surface area contributed by atoms with Gasteiger partial charge < -0.3 is 4.74 Å². The molecule has 1 N–H and O–H groups in total. The summed E-state index contributed by atoms with van der Waals surface area (Å²) in [6.45, 7) is 2.09. The summed E-state index contributed by atoms with van der Waals surface area (Å²) in [4.78, 5) is 4.55. The first-order valence-corrected chi connectivity index (χ1v) is 8.75. The van der Waals surface area contributed by atoms with Crippen LogP contribution in [-0.2, 0) is 6.42 Å². The van der Waals surface area contributed by atoms with E-state index in [0.717, 1.165) is 34.1 Å². The molecule has 0 amide bonds. The van der Waals surface area contributed by atoms with Gasteiger partial charge in [-0.2, -0.15) is 5.10 Å². The highest BCUT2D eigenvalue weighted by molar-refractivity contribution is 7.14. The molecule has 1 aliphatic rings. The summed E-state index contributed by atoms with van der Waals surface area (Å²) < 4.78 is 5.71. The Hall–Kier alpha value is -2.66. The lowest BCUT2D eigenvalue weighted by Crippen LogP contribution is -2.05. The maximum absolute atomic E-state index is 5.71. The summed E-state index contributed by atoms with van der Waals surface area (Å²) in [7, 11) is 0. The third-order valence-electron chi connectivity index (χ3n) is 3.87. The van der Waals surface area contributed by atoms with E-state index in [1.54, 1.807) is 11.3 Å². The first kappa shape index (κ1) is 14.9. The number of aromatic nitrogens is 1. The molecule has 5 heteroatoms. The number of hydrogen-bond acceptors (Lipinski definition) is 5. The predicted molar refractivity (Wildman–Crippen MR) is 99.0 cm³/mol. The van der Waals surface area contributed by atoms with E-state index in [0.29, 0.717) is 0 Å². The number of rotatable bonds is 4. The first-order chi connectivity index (χ1) is 11.8. The number of nitrogens with one attached hydrogen (secondary N) is 1. The second kappa shape index (κ2) is 6.45. The molecule has 0 saturated heterocycles. The van der Waals surface area contributed by atoms with Gasteiger partial charge >= 0.3 is 0 Å². The summed E-state index contributed by atoms with van der Waals surface area (Å²) in [6.07, 6.45) is 3.03. The summed E-state index contributed by atoms with van der Waals surface area (Å²) in [5.41, 5.74) is 7.37. The second-order valence-corrected chi connectivity index (χ2v) is 6.63. The highest BCUT2D eigenvalue weighted by Gasteiger charge is 2.18. The van der Waals surface area contributed by atoms with Crippen molar-refractivity contribution in [3.8, 4) is 17.0 Å². The van der Waals surface area contributed by atoms with Crippen molar-refractivity contribution < 1.29 is 4.74 Å². The predicted octanol–water partition coefficient (Wildman–Crippen LogP) is 4.58. The second-order valence-electron chi connectivity index (χ2n) is 5.77. The number of benzene rings is 2. The van der Waals surface area contributed by atoms with Crippen LogP contribution in [0.1, 0.15) is 18.1 Å². The number of ether oxygens (including phenoxy) is 1. The highest BCUT2D eigenvalue weighted by Crippen LogP contribution is 2.29. The molecule has 0 bridgehead atoms. The zero-order chi connectivity index (χ0) is 16.4. The SMILES string of the molecule is CC1Cc2cc(C=NNc3nc(-c4ccccc4)cs3)ccc2O1. The van der Waals surface area contributed by atoms with Crippen LogP contribution in [-0.4, -0.2) is 17.3 Å². The van der Waals surface area contributed by atoms with E-state index in [4.69, 9.17) is 4.74 Å². The average molecular weight is 335 g/mol. The standard InChI is InChI=1S/C19H17N3OS/c1-13-9-16-10-14(7-8-18(16)23-13)11-20-22-19-21-17(12-24-19)15-5-3-2-4-6-15/h2-8,10-13H,9H2,1H3,(H,21,22). The van der Waals surface area contributed by atoms with E-state index in [1.807, 2.05) is 41.9 Å². The van der Waals surface area contributed by atoms with Gasteiger partial charge in [-0.05, 0) is 36.2 Å². The highest BCUT2D eigenvalue weighted by atomic mass is 32.1. The number of thiazole rings is 1. The summed E-state index contributed by atoms with van der Waals surface area (Å²) >= 11 is 1.54.